The van der Waals surface area contributed by atoms with E-state index in [0.29, 0.717) is 0 Å². The maximum absolute atomic E-state index is 2.35. The fourth-order valence-corrected chi connectivity index (χ4v) is 2.90. The van der Waals surface area contributed by atoms with E-state index >= 15 is 0 Å². The van der Waals surface area contributed by atoms with Gasteiger partial charge in [-0.2, -0.15) is 0 Å². The van der Waals surface area contributed by atoms with Gasteiger partial charge in [-0.1, -0.05) is 69.8 Å². The van der Waals surface area contributed by atoms with Crippen LogP contribution in [0.1, 0.15) is 71.6 Å². The minimum atomic E-state index is 0.971. The number of rotatable bonds is 7. The summed E-state index contributed by atoms with van der Waals surface area (Å²) in [5, 5.41) is 0. The fourth-order valence-electron chi connectivity index (χ4n) is 2.90. The van der Waals surface area contributed by atoms with E-state index in [-0.39, 0.29) is 0 Å². The molecule has 1 rings (SSSR count). The Morgan fingerprint density at radius 3 is 2.29 bits per heavy atom. The van der Waals surface area contributed by atoms with Crippen molar-refractivity contribution in [3.05, 3.63) is 24.3 Å². The van der Waals surface area contributed by atoms with Crippen molar-refractivity contribution in [1.29, 1.82) is 0 Å². The third kappa shape index (κ3) is 6.71. The molecule has 0 saturated heterocycles. The molecule has 0 aliphatic heterocycles. The maximum Gasteiger partial charge on any atom is -0.0319 e. The van der Waals surface area contributed by atoms with Crippen LogP contribution < -0.4 is 0 Å². The lowest BCUT2D eigenvalue weighted by Crippen LogP contribution is -2.14. The van der Waals surface area contributed by atoms with Gasteiger partial charge in [-0.25, -0.2) is 0 Å². The number of hydrogen-bond donors (Lipinski definition) is 0. The second kappa shape index (κ2) is 9.50. The summed E-state index contributed by atoms with van der Waals surface area (Å²) in [7, 11) is 0. The van der Waals surface area contributed by atoms with Gasteiger partial charge >= 0.3 is 0 Å². The van der Waals surface area contributed by atoms with Crippen LogP contribution in [0.5, 0.6) is 0 Å². The van der Waals surface area contributed by atoms with Gasteiger partial charge in [-0.3, -0.25) is 0 Å². The highest BCUT2D eigenvalue weighted by Crippen LogP contribution is 2.33. The van der Waals surface area contributed by atoms with Gasteiger partial charge in [-0.15, -0.1) is 0 Å². The second-order valence-electron chi connectivity index (χ2n) is 5.57. The molecule has 0 aromatic rings. The standard InChI is InChI=1S/C17H30/c1-3-5-7-9-11-17-14-12-16(13-15-17)10-8-6-4-2/h3,5,7,9,16-17H,4,6,8,10-15H2,1-2H3. The van der Waals surface area contributed by atoms with E-state index in [9.17, 15) is 0 Å². The Morgan fingerprint density at radius 1 is 0.941 bits per heavy atom. The quantitative estimate of drug-likeness (QED) is 0.380. The lowest BCUT2D eigenvalue weighted by Gasteiger charge is -2.27. The smallest absolute Gasteiger partial charge is 0.0319 e. The summed E-state index contributed by atoms with van der Waals surface area (Å²) >= 11 is 0. The van der Waals surface area contributed by atoms with Gasteiger partial charge in [0.05, 0.1) is 0 Å². The van der Waals surface area contributed by atoms with Crippen LogP contribution in [0.3, 0.4) is 0 Å². The zero-order valence-electron chi connectivity index (χ0n) is 11.8. The Balaban J connectivity index is 2.08. The Hall–Kier alpha value is -0.520. The van der Waals surface area contributed by atoms with Crippen molar-refractivity contribution >= 4 is 0 Å². The largest absolute Gasteiger partial charge is 0.0877 e. The average molecular weight is 234 g/mol. The monoisotopic (exact) mass is 234 g/mol. The van der Waals surface area contributed by atoms with Gasteiger partial charge in [0.15, 0.2) is 0 Å². The van der Waals surface area contributed by atoms with E-state index in [1.54, 1.807) is 0 Å². The molecule has 0 N–H and O–H groups in total. The van der Waals surface area contributed by atoms with E-state index in [2.05, 4.69) is 38.2 Å². The van der Waals surface area contributed by atoms with Gasteiger partial charge in [0, 0.05) is 0 Å². The van der Waals surface area contributed by atoms with Crippen molar-refractivity contribution in [1.82, 2.24) is 0 Å². The van der Waals surface area contributed by atoms with Gasteiger partial charge in [-0.05, 0) is 38.0 Å². The van der Waals surface area contributed by atoms with E-state index in [4.69, 9.17) is 0 Å². The van der Waals surface area contributed by atoms with Crippen LogP contribution >= 0.6 is 0 Å². The van der Waals surface area contributed by atoms with Gasteiger partial charge < -0.3 is 0 Å². The maximum atomic E-state index is 2.35. The molecule has 1 saturated carbocycles. The summed E-state index contributed by atoms with van der Waals surface area (Å²) in [5.41, 5.74) is 0. The Bertz CT molecular complexity index is 216. The first-order valence-electron chi connectivity index (χ1n) is 7.64. The molecule has 0 heterocycles. The van der Waals surface area contributed by atoms with Crippen molar-refractivity contribution in [2.24, 2.45) is 11.8 Å². The molecule has 0 heteroatoms. The Labute approximate surface area is 108 Å². The lowest BCUT2D eigenvalue weighted by molar-refractivity contribution is 0.260. The third-order valence-electron chi connectivity index (χ3n) is 4.09. The first-order chi connectivity index (χ1) is 8.36. The first-order valence-corrected chi connectivity index (χ1v) is 7.64. The summed E-state index contributed by atoms with van der Waals surface area (Å²) in [6.45, 7) is 4.37. The van der Waals surface area contributed by atoms with Crippen molar-refractivity contribution in [3.8, 4) is 0 Å². The topological polar surface area (TPSA) is 0 Å². The Morgan fingerprint density at radius 2 is 1.65 bits per heavy atom. The highest BCUT2D eigenvalue weighted by atomic mass is 14.2. The molecule has 0 unspecified atom stereocenters. The van der Waals surface area contributed by atoms with Gasteiger partial charge in [0.25, 0.3) is 0 Å². The fraction of sp³-hybridized carbons (Fsp3) is 0.765. The van der Waals surface area contributed by atoms with Crippen LogP contribution in [0, 0.1) is 11.8 Å². The van der Waals surface area contributed by atoms with Crippen molar-refractivity contribution in [2.75, 3.05) is 0 Å². The predicted molar refractivity (Wildman–Crippen MR) is 78.2 cm³/mol. The van der Waals surface area contributed by atoms with E-state index in [1.165, 1.54) is 57.8 Å². The lowest BCUT2D eigenvalue weighted by atomic mass is 9.78. The molecule has 98 valence electrons. The summed E-state index contributed by atoms with van der Waals surface area (Å²) < 4.78 is 0. The zero-order valence-corrected chi connectivity index (χ0v) is 11.8. The molecule has 1 aliphatic carbocycles. The molecule has 0 aromatic carbocycles. The summed E-state index contributed by atoms with van der Waals surface area (Å²) in [6.07, 6.45) is 21.8. The summed E-state index contributed by atoms with van der Waals surface area (Å²) in [5.74, 6) is 2.02. The minimum Gasteiger partial charge on any atom is -0.0877 e. The normalized spacial score (nSPS) is 26.0. The van der Waals surface area contributed by atoms with E-state index in [0.717, 1.165) is 11.8 Å². The molecule has 0 aromatic heterocycles. The number of allylic oxidation sites excluding steroid dienone is 4. The van der Waals surface area contributed by atoms with Crippen LogP contribution in [0.2, 0.25) is 0 Å². The molecular formula is C17H30. The van der Waals surface area contributed by atoms with Crippen LogP contribution in [0.15, 0.2) is 24.3 Å². The molecule has 1 aliphatic rings. The van der Waals surface area contributed by atoms with E-state index in [1.807, 2.05) is 0 Å². The molecule has 0 nitrogen and oxygen atoms in total. The molecule has 17 heavy (non-hydrogen) atoms. The second-order valence-corrected chi connectivity index (χ2v) is 5.57. The first kappa shape index (κ1) is 14.5. The van der Waals surface area contributed by atoms with E-state index < -0.39 is 0 Å². The molecule has 0 amide bonds. The highest BCUT2D eigenvalue weighted by molar-refractivity contribution is 5.01. The summed E-state index contributed by atoms with van der Waals surface area (Å²) in [4.78, 5) is 0. The van der Waals surface area contributed by atoms with Gasteiger partial charge in [0.2, 0.25) is 0 Å². The van der Waals surface area contributed by atoms with Gasteiger partial charge in [0.1, 0.15) is 0 Å². The molecule has 0 radical (unpaired) electrons. The summed E-state index contributed by atoms with van der Waals surface area (Å²) in [6, 6.07) is 0. The zero-order chi connectivity index (χ0) is 12.3. The molecule has 1 fully saturated rings. The Kier molecular flexibility index (Phi) is 8.13. The van der Waals surface area contributed by atoms with Crippen LogP contribution in [0.4, 0.5) is 0 Å². The predicted octanol–water partition coefficient (Wildman–Crippen LogP) is 5.90. The number of hydrogen-bond acceptors (Lipinski definition) is 0. The number of unbranched alkanes of at least 4 members (excludes halogenated alkanes) is 2. The minimum absolute atomic E-state index is 0.971. The van der Waals surface area contributed by atoms with Crippen molar-refractivity contribution < 1.29 is 0 Å². The average Bonchev–Trinajstić information content (AvgIpc) is 2.37. The van der Waals surface area contributed by atoms with Crippen LogP contribution in [-0.2, 0) is 0 Å². The third-order valence-corrected chi connectivity index (χ3v) is 4.09. The van der Waals surface area contributed by atoms with Crippen molar-refractivity contribution in [2.45, 2.75) is 71.6 Å². The van der Waals surface area contributed by atoms with Crippen LogP contribution in [0.25, 0.3) is 0 Å². The highest BCUT2D eigenvalue weighted by Gasteiger charge is 2.19. The van der Waals surface area contributed by atoms with Crippen LogP contribution in [-0.4, -0.2) is 0 Å². The SMILES string of the molecule is CC=CC=CCC1CCC(CCCCC)CC1. The molecule has 0 atom stereocenters. The molecule has 0 spiro atoms. The van der Waals surface area contributed by atoms with Crippen molar-refractivity contribution in [3.63, 3.8) is 0 Å². The molecular weight excluding hydrogens is 204 g/mol. The molecule has 0 bridgehead atoms.